The Labute approximate surface area is 120 Å². The molecule has 100 valence electrons. The Balaban J connectivity index is 2.11. The molecule has 0 saturated heterocycles. The predicted octanol–water partition coefficient (Wildman–Crippen LogP) is 5.06. The first-order valence-electron chi connectivity index (χ1n) is 6.65. The third-order valence-corrected chi connectivity index (χ3v) is 3.76. The number of benzene rings is 2. The monoisotopic (exact) mass is 273 g/mol. The van der Waals surface area contributed by atoms with Crippen molar-refractivity contribution in [3.63, 3.8) is 0 Å². The predicted molar refractivity (Wildman–Crippen MR) is 82.6 cm³/mol. The molecular weight excluding hydrogens is 254 g/mol. The van der Waals surface area contributed by atoms with Gasteiger partial charge in [0.15, 0.2) is 0 Å². The average Bonchev–Trinajstić information content (AvgIpc) is 2.39. The molecule has 0 aliphatic heterocycles. The minimum absolute atomic E-state index is 0.226. The van der Waals surface area contributed by atoms with Gasteiger partial charge in [-0.05, 0) is 38.0 Å². The van der Waals surface area contributed by atoms with Gasteiger partial charge in [0.2, 0.25) is 0 Å². The Morgan fingerprint density at radius 2 is 1.68 bits per heavy atom. The Hall–Kier alpha value is -1.31. The third-order valence-electron chi connectivity index (χ3n) is 3.41. The van der Waals surface area contributed by atoms with Gasteiger partial charge in [-0.2, -0.15) is 0 Å². The van der Waals surface area contributed by atoms with Crippen LogP contribution in [-0.4, -0.2) is 0 Å². The van der Waals surface area contributed by atoms with Crippen molar-refractivity contribution < 1.29 is 0 Å². The molecule has 2 rings (SSSR count). The summed E-state index contributed by atoms with van der Waals surface area (Å²) >= 11 is 6.23. The quantitative estimate of drug-likeness (QED) is 0.821. The molecule has 0 aromatic heterocycles. The molecule has 2 heteroatoms. The van der Waals surface area contributed by atoms with E-state index in [1.54, 1.807) is 0 Å². The zero-order chi connectivity index (χ0) is 13.8. The summed E-state index contributed by atoms with van der Waals surface area (Å²) in [5.74, 6) is 0. The number of hydrogen-bond donors (Lipinski definition) is 1. The molecule has 0 radical (unpaired) electrons. The molecule has 1 N–H and O–H groups in total. The van der Waals surface area contributed by atoms with Gasteiger partial charge >= 0.3 is 0 Å². The number of halogens is 1. The molecule has 1 nitrogen and oxygen atoms in total. The Bertz CT molecular complexity index is 550. The topological polar surface area (TPSA) is 12.0 Å². The summed E-state index contributed by atoms with van der Waals surface area (Å²) in [6, 6.07) is 17.1. The van der Waals surface area contributed by atoms with Gasteiger partial charge in [-0.3, -0.25) is 0 Å². The van der Waals surface area contributed by atoms with Crippen molar-refractivity contribution in [3.8, 4) is 0 Å². The number of aryl methyl sites for hydroxylation is 1. The van der Waals surface area contributed by atoms with Crippen molar-refractivity contribution in [1.82, 2.24) is 5.32 Å². The van der Waals surface area contributed by atoms with Gasteiger partial charge in [0.25, 0.3) is 0 Å². The van der Waals surface area contributed by atoms with Crippen LogP contribution in [0.2, 0.25) is 5.02 Å². The molecule has 0 bridgehead atoms. The van der Waals surface area contributed by atoms with Crippen LogP contribution in [0.25, 0.3) is 0 Å². The van der Waals surface area contributed by atoms with Gasteiger partial charge in [0, 0.05) is 17.1 Å². The Morgan fingerprint density at radius 1 is 0.947 bits per heavy atom. The molecule has 0 saturated carbocycles. The Morgan fingerprint density at radius 3 is 2.37 bits per heavy atom. The number of rotatable bonds is 4. The van der Waals surface area contributed by atoms with E-state index in [4.69, 9.17) is 11.6 Å². The molecule has 2 aromatic rings. The van der Waals surface area contributed by atoms with Crippen molar-refractivity contribution in [2.24, 2.45) is 0 Å². The first-order valence-corrected chi connectivity index (χ1v) is 7.03. The van der Waals surface area contributed by atoms with Gasteiger partial charge in [-0.1, -0.05) is 59.6 Å². The van der Waals surface area contributed by atoms with Crippen LogP contribution in [0.3, 0.4) is 0 Å². The SMILES string of the molecule is Cc1cccc(C(C)N[C@@H](C)c2ccccc2Cl)c1. The first-order chi connectivity index (χ1) is 9.08. The lowest BCUT2D eigenvalue weighted by molar-refractivity contribution is 0.494. The maximum Gasteiger partial charge on any atom is 0.0453 e. The first kappa shape index (κ1) is 14.1. The molecule has 0 amide bonds. The largest absolute Gasteiger partial charge is 0.304 e. The lowest BCUT2D eigenvalue weighted by atomic mass is 10.0. The Kier molecular flexibility index (Phi) is 4.62. The maximum absolute atomic E-state index is 6.23. The van der Waals surface area contributed by atoms with E-state index in [9.17, 15) is 0 Å². The molecule has 0 aliphatic carbocycles. The molecule has 0 fully saturated rings. The summed E-state index contributed by atoms with van der Waals surface area (Å²) in [6.45, 7) is 6.45. The smallest absolute Gasteiger partial charge is 0.0453 e. The lowest BCUT2D eigenvalue weighted by Gasteiger charge is -2.22. The van der Waals surface area contributed by atoms with E-state index in [0.29, 0.717) is 6.04 Å². The average molecular weight is 274 g/mol. The van der Waals surface area contributed by atoms with Crippen LogP contribution in [0, 0.1) is 6.92 Å². The van der Waals surface area contributed by atoms with Crippen LogP contribution >= 0.6 is 11.6 Å². The van der Waals surface area contributed by atoms with Crippen LogP contribution < -0.4 is 5.32 Å². The van der Waals surface area contributed by atoms with Gasteiger partial charge in [-0.15, -0.1) is 0 Å². The summed E-state index contributed by atoms with van der Waals surface area (Å²) in [5, 5.41) is 4.41. The third kappa shape index (κ3) is 3.59. The summed E-state index contributed by atoms with van der Waals surface area (Å²) in [7, 11) is 0. The van der Waals surface area contributed by atoms with Crippen LogP contribution in [0.15, 0.2) is 48.5 Å². The highest BCUT2D eigenvalue weighted by Crippen LogP contribution is 2.25. The second-order valence-electron chi connectivity index (χ2n) is 5.05. The summed E-state index contributed by atoms with van der Waals surface area (Å²) in [6.07, 6.45) is 0. The summed E-state index contributed by atoms with van der Waals surface area (Å²) in [4.78, 5) is 0. The van der Waals surface area contributed by atoms with Crippen molar-refractivity contribution in [2.45, 2.75) is 32.9 Å². The van der Waals surface area contributed by atoms with E-state index >= 15 is 0 Å². The molecular formula is C17H20ClN. The van der Waals surface area contributed by atoms with Gasteiger partial charge < -0.3 is 5.32 Å². The zero-order valence-electron chi connectivity index (χ0n) is 11.7. The van der Waals surface area contributed by atoms with Crippen LogP contribution in [-0.2, 0) is 0 Å². The minimum Gasteiger partial charge on any atom is -0.304 e. The molecule has 2 atom stereocenters. The molecule has 0 heterocycles. The van der Waals surface area contributed by atoms with E-state index in [1.807, 2.05) is 18.2 Å². The van der Waals surface area contributed by atoms with Crippen molar-refractivity contribution >= 4 is 11.6 Å². The van der Waals surface area contributed by atoms with Crippen LogP contribution in [0.5, 0.6) is 0 Å². The van der Waals surface area contributed by atoms with Gasteiger partial charge in [-0.25, -0.2) is 0 Å². The summed E-state index contributed by atoms with van der Waals surface area (Å²) in [5.41, 5.74) is 3.74. The normalized spacial score (nSPS) is 14.1. The highest BCUT2D eigenvalue weighted by molar-refractivity contribution is 6.31. The fourth-order valence-corrected chi connectivity index (χ4v) is 2.63. The number of hydrogen-bond acceptors (Lipinski definition) is 1. The fraction of sp³-hybridized carbons (Fsp3) is 0.294. The summed E-state index contributed by atoms with van der Waals surface area (Å²) < 4.78 is 0. The second kappa shape index (κ2) is 6.23. The zero-order valence-corrected chi connectivity index (χ0v) is 12.4. The second-order valence-corrected chi connectivity index (χ2v) is 5.45. The minimum atomic E-state index is 0.226. The van der Waals surface area contributed by atoms with Crippen LogP contribution in [0.1, 0.15) is 42.6 Å². The van der Waals surface area contributed by atoms with Gasteiger partial charge in [0.1, 0.15) is 0 Å². The lowest BCUT2D eigenvalue weighted by Crippen LogP contribution is -2.22. The van der Waals surface area contributed by atoms with Crippen molar-refractivity contribution in [1.29, 1.82) is 0 Å². The highest BCUT2D eigenvalue weighted by Gasteiger charge is 2.13. The maximum atomic E-state index is 6.23. The van der Waals surface area contributed by atoms with Crippen molar-refractivity contribution in [2.75, 3.05) is 0 Å². The van der Waals surface area contributed by atoms with E-state index in [-0.39, 0.29) is 6.04 Å². The van der Waals surface area contributed by atoms with Gasteiger partial charge in [0.05, 0.1) is 0 Å². The fourth-order valence-electron chi connectivity index (χ4n) is 2.33. The van der Waals surface area contributed by atoms with E-state index < -0.39 is 0 Å². The van der Waals surface area contributed by atoms with E-state index in [0.717, 1.165) is 10.6 Å². The standard InChI is InChI=1S/C17H20ClN/c1-12-7-6-8-15(11-12)13(2)19-14(3)16-9-4-5-10-17(16)18/h4-11,13-14,19H,1-3H3/t13?,14-/m0/s1. The molecule has 0 spiro atoms. The number of nitrogens with one attached hydrogen (secondary N) is 1. The molecule has 0 aliphatic rings. The van der Waals surface area contributed by atoms with E-state index in [1.165, 1.54) is 11.1 Å². The van der Waals surface area contributed by atoms with E-state index in [2.05, 4.69) is 56.4 Å². The molecule has 1 unspecified atom stereocenters. The van der Waals surface area contributed by atoms with Crippen molar-refractivity contribution in [3.05, 3.63) is 70.2 Å². The molecule has 2 aromatic carbocycles. The molecule has 19 heavy (non-hydrogen) atoms. The highest BCUT2D eigenvalue weighted by atomic mass is 35.5. The van der Waals surface area contributed by atoms with Crippen LogP contribution in [0.4, 0.5) is 0 Å².